The number of amides is 2. The maximum atomic E-state index is 12.4. The molecule has 3 rings (SSSR count). The van der Waals surface area contributed by atoms with Gasteiger partial charge < -0.3 is 19.9 Å². The summed E-state index contributed by atoms with van der Waals surface area (Å²) in [6.45, 7) is 8.83. The van der Waals surface area contributed by atoms with E-state index in [0.29, 0.717) is 25.9 Å². The monoisotopic (exact) mass is 386 g/mol. The number of hydrogen-bond acceptors (Lipinski definition) is 4. The summed E-state index contributed by atoms with van der Waals surface area (Å²) in [4.78, 5) is 34.1. The molecule has 2 N–H and O–H groups in total. The molecule has 2 heterocycles. The van der Waals surface area contributed by atoms with Crippen molar-refractivity contribution in [2.75, 3.05) is 13.1 Å². The van der Waals surface area contributed by atoms with E-state index < -0.39 is 5.60 Å². The number of rotatable bonds is 4. The van der Waals surface area contributed by atoms with Crippen molar-refractivity contribution in [1.29, 1.82) is 0 Å². The second-order valence-corrected chi connectivity index (χ2v) is 8.57. The van der Waals surface area contributed by atoms with Crippen molar-refractivity contribution in [2.45, 2.75) is 58.6 Å². The zero-order valence-corrected chi connectivity index (χ0v) is 17.1. The molecule has 1 aromatic carbocycles. The minimum absolute atomic E-state index is 0.0167. The van der Waals surface area contributed by atoms with E-state index in [1.165, 1.54) is 0 Å². The predicted octanol–water partition coefficient (Wildman–Crippen LogP) is 3.26. The number of carbonyl (C=O) groups is 2. The van der Waals surface area contributed by atoms with Gasteiger partial charge in [-0.05, 0) is 45.2 Å². The fourth-order valence-electron chi connectivity index (χ4n) is 3.49. The predicted molar refractivity (Wildman–Crippen MR) is 108 cm³/mol. The van der Waals surface area contributed by atoms with Crippen LogP contribution in [0.4, 0.5) is 4.79 Å². The summed E-state index contributed by atoms with van der Waals surface area (Å²) in [5, 5.41) is 3.12. The van der Waals surface area contributed by atoms with Gasteiger partial charge in [0.2, 0.25) is 5.91 Å². The molecule has 0 radical (unpaired) electrons. The molecule has 1 fully saturated rings. The summed E-state index contributed by atoms with van der Waals surface area (Å²) in [5.41, 5.74) is 1.41. The normalized spacial score (nSPS) is 20.2. The maximum Gasteiger partial charge on any atom is 0.410 e. The van der Waals surface area contributed by atoms with Crippen LogP contribution in [-0.2, 0) is 16.0 Å². The van der Waals surface area contributed by atoms with Crippen molar-refractivity contribution in [3.8, 4) is 0 Å². The van der Waals surface area contributed by atoms with Crippen LogP contribution in [0.3, 0.4) is 0 Å². The van der Waals surface area contributed by atoms with E-state index in [1.807, 2.05) is 45.0 Å². The average Bonchev–Trinajstić information content (AvgIpc) is 3.03. The zero-order chi connectivity index (χ0) is 20.3. The van der Waals surface area contributed by atoms with Gasteiger partial charge in [-0.15, -0.1) is 0 Å². The number of fused-ring (bicyclic) bond motifs is 1. The lowest BCUT2D eigenvalue weighted by Crippen LogP contribution is -2.52. The number of piperidine rings is 1. The second-order valence-electron chi connectivity index (χ2n) is 8.57. The van der Waals surface area contributed by atoms with Crippen molar-refractivity contribution in [2.24, 2.45) is 5.92 Å². The fraction of sp³-hybridized carbons (Fsp3) is 0.571. The van der Waals surface area contributed by atoms with Crippen molar-refractivity contribution >= 4 is 23.0 Å². The summed E-state index contributed by atoms with van der Waals surface area (Å²) in [7, 11) is 0. The van der Waals surface area contributed by atoms with Crippen LogP contribution in [0, 0.1) is 5.92 Å². The second kappa shape index (κ2) is 8.20. The van der Waals surface area contributed by atoms with Crippen molar-refractivity contribution < 1.29 is 14.3 Å². The highest BCUT2D eigenvalue weighted by molar-refractivity contribution is 5.77. The third-order valence-electron chi connectivity index (χ3n) is 4.93. The minimum atomic E-state index is -0.498. The molecule has 1 aliphatic heterocycles. The van der Waals surface area contributed by atoms with Gasteiger partial charge in [0.15, 0.2) is 0 Å². The molecular weight excluding hydrogens is 356 g/mol. The summed E-state index contributed by atoms with van der Waals surface area (Å²) >= 11 is 0. The van der Waals surface area contributed by atoms with E-state index in [9.17, 15) is 9.59 Å². The number of ether oxygens (including phenoxy) is 1. The van der Waals surface area contributed by atoms with Crippen molar-refractivity contribution in [1.82, 2.24) is 20.2 Å². The minimum Gasteiger partial charge on any atom is -0.444 e. The Balaban J connectivity index is 1.46. The quantitative estimate of drug-likeness (QED) is 0.844. The number of nitrogens with zero attached hydrogens (tertiary/aromatic N) is 2. The zero-order valence-electron chi connectivity index (χ0n) is 17.1. The molecule has 1 saturated heterocycles. The van der Waals surface area contributed by atoms with Crippen molar-refractivity contribution in [3.63, 3.8) is 0 Å². The van der Waals surface area contributed by atoms with E-state index in [1.54, 1.807) is 4.90 Å². The lowest BCUT2D eigenvalue weighted by Gasteiger charge is -2.37. The Bertz CT molecular complexity index is 807. The Morgan fingerprint density at radius 2 is 2.07 bits per heavy atom. The van der Waals surface area contributed by atoms with Crippen LogP contribution in [-0.4, -0.2) is 51.6 Å². The van der Waals surface area contributed by atoms with Crippen LogP contribution in [0.25, 0.3) is 11.0 Å². The molecule has 2 aromatic rings. The first-order chi connectivity index (χ1) is 13.2. The molecule has 2 amide bonds. The smallest absolute Gasteiger partial charge is 0.410 e. The number of aromatic amines is 1. The number of imidazole rings is 1. The number of benzene rings is 1. The van der Waals surface area contributed by atoms with Crippen LogP contribution < -0.4 is 5.32 Å². The molecular formula is C21H30N4O3. The largest absolute Gasteiger partial charge is 0.444 e. The van der Waals surface area contributed by atoms with Gasteiger partial charge in [-0.1, -0.05) is 19.1 Å². The lowest BCUT2D eigenvalue weighted by molar-refractivity contribution is -0.122. The fourth-order valence-corrected chi connectivity index (χ4v) is 3.49. The van der Waals surface area contributed by atoms with Gasteiger partial charge in [0, 0.05) is 32.0 Å². The number of nitrogens with one attached hydrogen (secondary N) is 2. The summed E-state index contributed by atoms with van der Waals surface area (Å²) in [5.74, 6) is 1.02. The maximum absolute atomic E-state index is 12.4. The molecule has 0 bridgehead atoms. The molecule has 2 atom stereocenters. The SMILES string of the molecule is C[C@@H]1CN(C(=O)OC(C)(C)C)CC[C@H]1NC(=O)CCc1nc2ccccc2[nH]1. The van der Waals surface area contributed by atoms with Gasteiger partial charge >= 0.3 is 6.09 Å². The van der Waals surface area contributed by atoms with Gasteiger partial charge in [-0.3, -0.25) is 4.79 Å². The van der Waals surface area contributed by atoms with Gasteiger partial charge in [0.1, 0.15) is 11.4 Å². The van der Waals surface area contributed by atoms with E-state index >= 15 is 0 Å². The Morgan fingerprint density at radius 1 is 1.32 bits per heavy atom. The standard InChI is InChI=1S/C21H30N4O3/c1-14-13-25(20(27)28-21(2,3)4)12-11-15(14)24-19(26)10-9-18-22-16-7-5-6-8-17(16)23-18/h5-8,14-15H,9-13H2,1-4H3,(H,22,23)(H,24,26)/t14-,15-/m1/s1. The topological polar surface area (TPSA) is 87.3 Å². The molecule has 1 aromatic heterocycles. The van der Waals surface area contributed by atoms with Crippen LogP contribution in [0.5, 0.6) is 0 Å². The first kappa shape index (κ1) is 20.2. The number of aryl methyl sites for hydroxylation is 1. The summed E-state index contributed by atoms with van der Waals surface area (Å²) in [6, 6.07) is 7.91. The lowest BCUT2D eigenvalue weighted by atomic mass is 9.94. The highest BCUT2D eigenvalue weighted by Crippen LogP contribution is 2.20. The molecule has 1 aliphatic rings. The van der Waals surface area contributed by atoms with Gasteiger partial charge in [0.05, 0.1) is 11.0 Å². The molecule has 28 heavy (non-hydrogen) atoms. The van der Waals surface area contributed by atoms with Gasteiger partial charge in [0.25, 0.3) is 0 Å². The molecule has 0 aliphatic carbocycles. The number of carbonyl (C=O) groups excluding carboxylic acids is 2. The number of likely N-dealkylation sites (tertiary alicyclic amines) is 1. The summed E-state index contributed by atoms with van der Waals surface area (Å²) in [6.07, 6.45) is 1.41. The first-order valence-electron chi connectivity index (χ1n) is 9.92. The Morgan fingerprint density at radius 3 is 2.75 bits per heavy atom. The number of aromatic nitrogens is 2. The molecule has 7 nitrogen and oxygen atoms in total. The first-order valence-corrected chi connectivity index (χ1v) is 9.92. The molecule has 152 valence electrons. The molecule has 0 unspecified atom stereocenters. The Kier molecular flexibility index (Phi) is 5.91. The van der Waals surface area contributed by atoms with E-state index in [2.05, 4.69) is 22.2 Å². The van der Waals surface area contributed by atoms with Crippen LogP contribution in [0.1, 0.15) is 46.4 Å². The number of H-pyrrole nitrogens is 1. The molecule has 7 heteroatoms. The highest BCUT2D eigenvalue weighted by Gasteiger charge is 2.31. The van der Waals surface area contributed by atoms with Crippen LogP contribution in [0.15, 0.2) is 24.3 Å². The van der Waals surface area contributed by atoms with Crippen LogP contribution >= 0.6 is 0 Å². The van der Waals surface area contributed by atoms with Crippen LogP contribution in [0.2, 0.25) is 0 Å². The third-order valence-corrected chi connectivity index (χ3v) is 4.93. The van der Waals surface area contributed by atoms with E-state index in [4.69, 9.17) is 4.74 Å². The number of hydrogen-bond donors (Lipinski definition) is 2. The summed E-state index contributed by atoms with van der Waals surface area (Å²) < 4.78 is 5.44. The molecule has 0 saturated carbocycles. The highest BCUT2D eigenvalue weighted by atomic mass is 16.6. The Labute approximate surface area is 165 Å². The van der Waals surface area contributed by atoms with E-state index in [0.717, 1.165) is 23.3 Å². The van der Waals surface area contributed by atoms with Gasteiger partial charge in [-0.2, -0.15) is 0 Å². The third kappa shape index (κ3) is 5.24. The number of para-hydroxylation sites is 2. The average molecular weight is 386 g/mol. The molecule has 0 spiro atoms. The Hall–Kier alpha value is -2.57. The van der Waals surface area contributed by atoms with Crippen molar-refractivity contribution in [3.05, 3.63) is 30.1 Å². The van der Waals surface area contributed by atoms with Gasteiger partial charge in [-0.25, -0.2) is 9.78 Å². The van der Waals surface area contributed by atoms with E-state index in [-0.39, 0.29) is 24.0 Å².